The van der Waals surface area contributed by atoms with E-state index in [1.807, 2.05) is 12.2 Å². The summed E-state index contributed by atoms with van der Waals surface area (Å²) in [6.07, 6.45) is 10.6. The first-order valence-electron chi connectivity index (χ1n) is 5.47. The van der Waals surface area contributed by atoms with Gasteiger partial charge in [0, 0.05) is 5.70 Å². The fourth-order valence-corrected chi connectivity index (χ4v) is 1.02. The van der Waals surface area contributed by atoms with Crippen molar-refractivity contribution in [3.63, 3.8) is 0 Å². The smallest absolute Gasteiger partial charge is 0.257 e. The second-order valence-electron chi connectivity index (χ2n) is 3.79. The molecule has 0 spiro atoms. The van der Waals surface area contributed by atoms with E-state index in [4.69, 9.17) is 0 Å². The summed E-state index contributed by atoms with van der Waals surface area (Å²) in [6, 6.07) is 0. The Hall–Kier alpha value is -1.90. The summed E-state index contributed by atoms with van der Waals surface area (Å²) < 4.78 is 0. The second kappa shape index (κ2) is 8.28. The molecule has 0 heterocycles. The molecule has 0 saturated heterocycles. The Kier molecular flexibility index (Phi) is 7.35. The lowest BCUT2D eigenvalue weighted by molar-refractivity contribution is -0.131. The van der Waals surface area contributed by atoms with Gasteiger partial charge in [-0.3, -0.25) is 14.5 Å². The monoisotopic (exact) mass is 233 g/mol. The Labute approximate surface area is 103 Å². The quantitative estimate of drug-likeness (QED) is 0.402. The predicted molar refractivity (Wildman–Crippen MR) is 70.0 cm³/mol. The molecule has 0 atom stereocenters. The zero-order chi connectivity index (χ0) is 13.3. The molecule has 0 fully saturated rings. The molecule has 0 N–H and O–H groups in total. The van der Waals surface area contributed by atoms with Crippen LogP contribution in [0.15, 0.2) is 48.7 Å². The number of rotatable bonds is 6. The van der Waals surface area contributed by atoms with Crippen LogP contribution < -0.4 is 0 Å². The van der Waals surface area contributed by atoms with Gasteiger partial charge in [-0.05, 0) is 25.0 Å². The Bertz CT molecular complexity index is 362. The summed E-state index contributed by atoms with van der Waals surface area (Å²) in [6.45, 7) is 9.50. The highest BCUT2D eigenvalue weighted by atomic mass is 16.2. The standard InChI is InChI=1S/C14H19NO2/c1-5-8-14(17)15(11-16)13(4)10-7-6-9-12(2)3/h5-12H,4H2,1-3H3/b8-5-,9-6+,10-7-. The molecule has 0 aromatic rings. The van der Waals surface area contributed by atoms with Crippen LogP contribution in [-0.4, -0.2) is 17.2 Å². The molecule has 0 aliphatic carbocycles. The Morgan fingerprint density at radius 2 is 1.88 bits per heavy atom. The van der Waals surface area contributed by atoms with Crippen molar-refractivity contribution in [3.05, 3.63) is 48.7 Å². The average Bonchev–Trinajstić information content (AvgIpc) is 2.25. The molecule has 17 heavy (non-hydrogen) atoms. The number of amides is 2. The van der Waals surface area contributed by atoms with Gasteiger partial charge in [-0.25, -0.2) is 0 Å². The Morgan fingerprint density at radius 1 is 1.24 bits per heavy atom. The molecule has 3 nitrogen and oxygen atoms in total. The summed E-state index contributed by atoms with van der Waals surface area (Å²) in [5.41, 5.74) is 0.344. The van der Waals surface area contributed by atoms with Crippen molar-refractivity contribution in [2.75, 3.05) is 0 Å². The molecule has 0 radical (unpaired) electrons. The van der Waals surface area contributed by atoms with Crippen molar-refractivity contribution < 1.29 is 9.59 Å². The van der Waals surface area contributed by atoms with E-state index in [-0.39, 0.29) is 0 Å². The van der Waals surface area contributed by atoms with Gasteiger partial charge in [-0.2, -0.15) is 0 Å². The molecule has 0 bridgehead atoms. The summed E-state index contributed by atoms with van der Waals surface area (Å²) >= 11 is 0. The Balaban J connectivity index is 4.56. The van der Waals surface area contributed by atoms with Gasteiger partial charge >= 0.3 is 0 Å². The van der Waals surface area contributed by atoms with Crippen LogP contribution >= 0.6 is 0 Å². The molecule has 2 amide bonds. The zero-order valence-corrected chi connectivity index (χ0v) is 10.6. The maximum atomic E-state index is 11.5. The molecular weight excluding hydrogens is 214 g/mol. The van der Waals surface area contributed by atoms with Gasteiger partial charge in [0.2, 0.25) is 6.41 Å². The van der Waals surface area contributed by atoms with Crippen LogP contribution in [0.2, 0.25) is 0 Å². The van der Waals surface area contributed by atoms with Crippen LogP contribution in [0.1, 0.15) is 20.8 Å². The van der Waals surface area contributed by atoms with Crippen molar-refractivity contribution in [3.8, 4) is 0 Å². The lowest BCUT2D eigenvalue weighted by atomic mass is 10.2. The Morgan fingerprint density at radius 3 is 2.35 bits per heavy atom. The van der Waals surface area contributed by atoms with Gasteiger partial charge in [0.25, 0.3) is 5.91 Å². The molecular formula is C14H19NO2. The molecule has 0 aliphatic rings. The number of hydrogen-bond acceptors (Lipinski definition) is 2. The van der Waals surface area contributed by atoms with Crippen molar-refractivity contribution in [2.24, 2.45) is 5.92 Å². The van der Waals surface area contributed by atoms with Crippen molar-refractivity contribution in [2.45, 2.75) is 20.8 Å². The highest BCUT2D eigenvalue weighted by Gasteiger charge is 2.09. The first-order valence-corrected chi connectivity index (χ1v) is 5.47. The van der Waals surface area contributed by atoms with Crippen LogP contribution in [0.3, 0.4) is 0 Å². The molecule has 0 aromatic carbocycles. The van der Waals surface area contributed by atoms with Crippen LogP contribution in [0.25, 0.3) is 0 Å². The van der Waals surface area contributed by atoms with Crippen molar-refractivity contribution in [1.29, 1.82) is 0 Å². The minimum atomic E-state index is -0.398. The van der Waals surface area contributed by atoms with Crippen LogP contribution in [0.5, 0.6) is 0 Å². The number of carbonyl (C=O) groups is 2. The van der Waals surface area contributed by atoms with E-state index < -0.39 is 5.91 Å². The molecule has 0 saturated carbocycles. The topological polar surface area (TPSA) is 37.4 Å². The molecule has 0 rings (SSSR count). The SMILES string of the molecule is C=C(/C=C\C=C\C(C)C)N(C=O)C(=O)/C=C\C. The van der Waals surface area contributed by atoms with Crippen molar-refractivity contribution >= 4 is 12.3 Å². The predicted octanol–water partition coefficient (Wildman–Crippen LogP) is 2.83. The van der Waals surface area contributed by atoms with Gasteiger partial charge in [0.1, 0.15) is 0 Å². The highest BCUT2D eigenvalue weighted by molar-refractivity contribution is 5.96. The number of imide groups is 1. The third-order valence-electron chi connectivity index (χ3n) is 1.86. The number of hydrogen-bond donors (Lipinski definition) is 0. The van der Waals surface area contributed by atoms with Crippen molar-refractivity contribution in [1.82, 2.24) is 4.90 Å². The van der Waals surface area contributed by atoms with E-state index in [1.54, 1.807) is 25.2 Å². The summed E-state index contributed by atoms with van der Waals surface area (Å²) in [7, 11) is 0. The first-order chi connectivity index (χ1) is 8.02. The molecule has 3 heteroatoms. The van der Waals surface area contributed by atoms with Gasteiger partial charge in [0.05, 0.1) is 0 Å². The number of allylic oxidation sites excluding steroid dienone is 5. The molecule has 0 aliphatic heterocycles. The second-order valence-corrected chi connectivity index (χ2v) is 3.79. The maximum absolute atomic E-state index is 11.5. The fourth-order valence-electron chi connectivity index (χ4n) is 1.02. The van der Waals surface area contributed by atoms with Gasteiger partial charge in [-0.15, -0.1) is 0 Å². The number of nitrogens with zero attached hydrogens (tertiary/aromatic N) is 1. The lowest BCUT2D eigenvalue weighted by Gasteiger charge is -2.12. The van der Waals surface area contributed by atoms with Crippen LogP contribution in [0.4, 0.5) is 0 Å². The van der Waals surface area contributed by atoms with Gasteiger partial charge < -0.3 is 0 Å². The molecule has 0 unspecified atom stereocenters. The third kappa shape index (κ3) is 6.30. The summed E-state index contributed by atoms with van der Waals surface area (Å²) in [4.78, 5) is 23.2. The van der Waals surface area contributed by atoms with E-state index in [0.717, 1.165) is 4.90 Å². The van der Waals surface area contributed by atoms with E-state index in [1.165, 1.54) is 6.08 Å². The lowest BCUT2D eigenvalue weighted by Crippen LogP contribution is -2.25. The zero-order valence-electron chi connectivity index (χ0n) is 10.6. The van der Waals surface area contributed by atoms with E-state index in [9.17, 15) is 9.59 Å². The van der Waals surface area contributed by atoms with Gasteiger partial charge in [0.15, 0.2) is 0 Å². The van der Waals surface area contributed by atoms with Crippen LogP contribution in [0, 0.1) is 5.92 Å². The van der Waals surface area contributed by atoms with E-state index in [2.05, 4.69) is 20.4 Å². The van der Waals surface area contributed by atoms with Crippen LogP contribution in [-0.2, 0) is 9.59 Å². The normalized spacial score (nSPS) is 11.8. The molecule has 92 valence electrons. The molecule has 0 aromatic heterocycles. The highest BCUT2D eigenvalue weighted by Crippen LogP contribution is 2.03. The largest absolute Gasteiger partial charge is 0.278 e. The van der Waals surface area contributed by atoms with E-state index in [0.29, 0.717) is 18.0 Å². The minimum absolute atomic E-state index is 0.344. The summed E-state index contributed by atoms with van der Waals surface area (Å²) in [5, 5.41) is 0. The van der Waals surface area contributed by atoms with E-state index >= 15 is 0 Å². The first kappa shape index (κ1) is 15.1. The minimum Gasteiger partial charge on any atom is -0.278 e. The average molecular weight is 233 g/mol. The summed E-state index contributed by atoms with van der Waals surface area (Å²) in [5.74, 6) is 0.0599. The fraction of sp³-hybridized carbons (Fsp3) is 0.286. The third-order valence-corrected chi connectivity index (χ3v) is 1.86. The maximum Gasteiger partial charge on any atom is 0.257 e. The van der Waals surface area contributed by atoms with Gasteiger partial charge in [-0.1, -0.05) is 44.7 Å². The number of carbonyl (C=O) groups excluding carboxylic acids is 2.